The topological polar surface area (TPSA) is 177 Å². The van der Waals surface area contributed by atoms with Gasteiger partial charge in [-0.1, -0.05) is 52.0 Å². The zero-order valence-corrected chi connectivity index (χ0v) is 35.6. The highest BCUT2D eigenvalue weighted by Crippen LogP contribution is 2.63. The van der Waals surface area contributed by atoms with Gasteiger partial charge in [0.2, 0.25) is 11.6 Å². The van der Waals surface area contributed by atoms with Crippen LogP contribution in [0.4, 0.5) is 11.4 Å². The Balaban J connectivity index is 1.00. The number of nitrogens with zero attached hydrogens (tertiary/aromatic N) is 2. The lowest BCUT2D eigenvalue weighted by Crippen LogP contribution is -2.70. The quantitative estimate of drug-likeness (QED) is 0.0679. The molecule has 4 bridgehead atoms. The van der Waals surface area contributed by atoms with Gasteiger partial charge < -0.3 is 18.9 Å². The second-order valence-electron chi connectivity index (χ2n) is 20.0. The number of nitro groups is 2. The fourth-order valence-corrected chi connectivity index (χ4v) is 13.1. The third-order valence-corrected chi connectivity index (χ3v) is 16.6. The molecule has 328 valence electrons. The third-order valence-electron chi connectivity index (χ3n) is 16.6. The normalized spacial score (nSPS) is 45.6. The molecule has 8 heterocycles. The van der Waals surface area contributed by atoms with Gasteiger partial charge >= 0.3 is 11.4 Å². The highest BCUT2D eigenvalue weighted by molar-refractivity contribution is 5.97. The molecule has 10 fully saturated rings. The van der Waals surface area contributed by atoms with Crippen molar-refractivity contribution in [2.24, 2.45) is 53.3 Å². The van der Waals surface area contributed by atoms with Crippen molar-refractivity contribution in [2.45, 2.75) is 160 Å². The van der Waals surface area contributed by atoms with Gasteiger partial charge in [0.15, 0.2) is 29.6 Å². The fraction of sp³-hybridized carbons (Fsp3) is 0.756. The number of hydrogen-bond donors (Lipinski definition) is 0. The van der Waals surface area contributed by atoms with Gasteiger partial charge in [0.05, 0.1) is 22.1 Å². The Labute approximate surface area is 350 Å². The maximum Gasteiger partial charge on any atom is 0.346 e. The zero-order chi connectivity index (χ0) is 42.7. The molecule has 0 aromatic heterocycles. The maximum absolute atomic E-state index is 14.2. The molecule has 10 aliphatic rings. The fourth-order valence-electron chi connectivity index (χ4n) is 13.1. The molecule has 2 spiro atoms. The van der Waals surface area contributed by atoms with E-state index in [1.165, 1.54) is 6.07 Å². The summed E-state index contributed by atoms with van der Waals surface area (Å²) in [5.41, 5.74) is -1.45. The largest absolute Gasteiger partial charge is 0.346 e. The summed E-state index contributed by atoms with van der Waals surface area (Å²) >= 11 is 0. The standard InChI is InChI=1S/C45H60N2O13/c1-23-9-12-33-27(5)38(53-40-44(33)31(23)15-17-42(7,55-40)57-59-44)19-25(3)30(22-37(48)29-11-14-35(46(49)50)36(21-29)47(51)52)26(4)20-39-28(6)34-13-10-24(2)32-16-18-43(8)56-41(54-39)45(32,34)60-58-43/h11,14,21,23-24,27-28,30-34,38-41H,3-4,9-10,12-13,15-20,22H2,1-2,5-8H3/t23-,24-,27-,28-,30?,31+,32+,33+,34+,38-,39-,40-,41?,42+,43+,44-,45-/m1/s1. The van der Waals surface area contributed by atoms with E-state index < -0.39 is 68.3 Å². The molecule has 2 saturated carbocycles. The highest BCUT2D eigenvalue weighted by Gasteiger charge is 2.71. The summed E-state index contributed by atoms with van der Waals surface area (Å²) < 4.78 is 27.2. The molecule has 2 unspecified atom stereocenters. The number of carbonyl (C=O) groups is 1. The lowest BCUT2D eigenvalue weighted by atomic mass is 9.57. The van der Waals surface area contributed by atoms with Crippen molar-refractivity contribution in [3.05, 3.63) is 68.3 Å². The van der Waals surface area contributed by atoms with Crippen molar-refractivity contribution >= 4 is 17.2 Å². The number of ether oxygens (including phenoxy) is 4. The van der Waals surface area contributed by atoms with Crippen LogP contribution in [0, 0.1) is 73.5 Å². The maximum atomic E-state index is 14.2. The van der Waals surface area contributed by atoms with E-state index >= 15 is 0 Å². The van der Waals surface area contributed by atoms with Crippen molar-refractivity contribution in [1.29, 1.82) is 0 Å². The first kappa shape index (κ1) is 42.2. The second-order valence-corrected chi connectivity index (χ2v) is 20.0. The molecule has 8 saturated heterocycles. The van der Waals surface area contributed by atoms with Crippen molar-refractivity contribution in [2.75, 3.05) is 0 Å². The van der Waals surface area contributed by atoms with E-state index in [1.807, 2.05) is 13.8 Å². The van der Waals surface area contributed by atoms with Crippen LogP contribution in [0.2, 0.25) is 0 Å². The molecule has 60 heavy (non-hydrogen) atoms. The second kappa shape index (κ2) is 15.0. The smallest absolute Gasteiger partial charge is 0.346 e. The molecular weight excluding hydrogens is 776 g/mol. The molecule has 0 N–H and O–H groups in total. The molecule has 8 aliphatic heterocycles. The minimum absolute atomic E-state index is 0.00219. The monoisotopic (exact) mass is 836 g/mol. The van der Waals surface area contributed by atoms with Crippen LogP contribution in [0.5, 0.6) is 0 Å². The Morgan fingerprint density at radius 1 is 0.700 bits per heavy atom. The molecule has 1 aromatic carbocycles. The van der Waals surface area contributed by atoms with Crippen LogP contribution >= 0.6 is 0 Å². The van der Waals surface area contributed by atoms with Crippen molar-refractivity contribution in [1.82, 2.24) is 0 Å². The van der Waals surface area contributed by atoms with Crippen LogP contribution < -0.4 is 0 Å². The molecule has 15 nitrogen and oxygen atoms in total. The molecule has 11 rings (SSSR count). The van der Waals surface area contributed by atoms with Crippen molar-refractivity contribution in [3.63, 3.8) is 0 Å². The number of Topliss-reactive ketones (excluding diaryl/α,β-unsaturated/α-hetero) is 1. The Morgan fingerprint density at radius 3 is 1.62 bits per heavy atom. The number of fused-ring (bicyclic) bond motifs is 4. The molecular formula is C45H60N2O13. The summed E-state index contributed by atoms with van der Waals surface area (Å²) in [5.74, 6) is -1.40. The van der Waals surface area contributed by atoms with E-state index in [9.17, 15) is 25.0 Å². The Hall–Kier alpha value is -3.15. The van der Waals surface area contributed by atoms with Gasteiger partial charge in [0.25, 0.3) is 0 Å². The number of carbonyl (C=O) groups excluding carboxylic acids is 1. The van der Waals surface area contributed by atoms with Crippen molar-refractivity contribution < 1.29 is 53.1 Å². The zero-order valence-electron chi connectivity index (χ0n) is 35.6. The van der Waals surface area contributed by atoms with Gasteiger partial charge in [0, 0.05) is 54.7 Å². The first-order chi connectivity index (χ1) is 28.4. The van der Waals surface area contributed by atoms with Gasteiger partial charge in [-0.2, -0.15) is 0 Å². The van der Waals surface area contributed by atoms with Crippen LogP contribution in [0.3, 0.4) is 0 Å². The predicted molar refractivity (Wildman–Crippen MR) is 213 cm³/mol. The van der Waals surface area contributed by atoms with Crippen LogP contribution in [0.15, 0.2) is 42.5 Å². The first-order valence-electron chi connectivity index (χ1n) is 22.1. The Morgan fingerprint density at radius 2 is 1.17 bits per heavy atom. The predicted octanol–water partition coefficient (Wildman–Crippen LogP) is 9.09. The summed E-state index contributed by atoms with van der Waals surface area (Å²) in [7, 11) is 0. The van der Waals surface area contributed by atoms with E-state index in [-0.39, 0.29) is 59.7 Å². The number of nitro benzene ring substituents is 2. The summed E-state index contributed by atoms with van der Waals surface area (Å²) in [4.78, 5) is 60.9. The molecule has 0 radical (unpaired) electrons. The average Bonchev–Trinajstić information content (AvgIpc) is 3.58. The van der Waals surface area contributed by atoms with Gasteiger partial charge in [-0.15, -0.1) is 0 Å². The van der Waals surface area contributed by atoms with Crippen LogP contribution in [-0.2, 0) is 38.5 Å². The van der Waals surface area contributed by atoms with Gasteiger partial charge in [-0.25, -0.2) is 19.6 Å². The first-order valence-corrected chi connectivity index (χ1v) is 22.1. The Kier molecular flexibility index (Phi) is 10.5. The summed E-state index contributed by atoms with van der Waals surface area (Å²) in [6, 6.07) is 3.28. The van der Waals surface area contributed by atoms with Gasteiger partial charge in [-0.3, -0.25) is 25.0 Å². The SMILES string of the molecule is C=C(C[C@H]1OC2O[C@]3(C)CC[C@H]4[C@H](C)CC[C@@H]([C@H]1C)[C@@]24OO3)C(CC(=O)c1ccc([N+](=O)[O-])c([N+](=O)[O-])c1)C(=C)C[C@H]1O[C@@H]2O[C@]3(C)CC[C@H]4[C@H](C)CC[C@@H]([C@H]1C)[C@@]24OO3. The van der Waals surface area contributed by atoms with Gasteiger partial charge in [0.1, 0.15) is 0 Å². The highest BCUT2D eigenvalue weighted by atomic mass is 17.3. The minimum Gasteiger partial charge on any atom is -0.346 e. The average molecular weight is 837 g/mol. The number of rotatable bonds is 11. The van der Waals surface area contributed by atoms with E-state index in [0.29, 0.717) is 37.5 Å². The number of benzene rings is 1. The molecule has 17 atom stereocenters. The van der Waals surface area contributed by atoms with Crippen LogP contribution in [0.25, 0.3) is 0 Å². The number of hydrogen-bond acceptors (Lipinski definition) is 13. The summed E-state index contributed by atoms with van der Waals surface area (Å²) in [6.07, 6.45) is 5.89. The van der Waals surface area contributed by atoms with Crippen LogP contribution in [0.1, 0.15) is 123 Å². The van der Waals surface area contributed by atoms with Gasteiger partial charge in [-0.05, 0) is 107 Å². The van der Waals surface area contributed by atoms with E-state index in [2.05, 4.69) is 40.9 Å². The van der Waals surface area contributed by atoms with E-state index in [0.717, 1.165) is 61.8 Å². The molecule has 15 heteroatoms. The molecule has 1 aromatic rings. The number of ketones is 1. The lowest BCUT2D eigenvalue weighted by molar-refractivity contribution is -0.571. The summed E-state index contributed by atoms with van der Waals surface area (Å²) in [5, 5.41) is 23.5. The Bertz CT molecular complexity index is 1870. The third kappa shape index (κ3) is 6.55. The molecule has 2 aliphatic carbocycles. The van der Waals surface area contributed by atoms with E-state index in [1.54, 1.807) is 0 Å². The van der Waals surface area contributed by atoms with Crippen LogP contribution in [-0.4, -0.2) is 63.2 Å². The molecule has 0 amide bonds. The van der Waals surface area contributed by atoms with Crippen molar-refractivity contribution in [3.8, 4) is 0 Å². The lowest BCUT2D eigenvalue weighted by Gasteiger charge is -2.60. The summed E-state index contributed by atoms with van der Waals surface area (Å²) in [6.45, 7) is 21.9. The minimum atomic E-state index is -0.933. The van der Waals surface area contributed by atoms with E-state index in [4.69, 9.17) is 38.5 Å².